The first-order valence-electron chi connectivity index (χ1n) is 4.95. The fraction of sp³-hybridized carbons (Fsp3) is 0.0909. The van der Waals surface area contributed by atoms with E-state index in [0.29, 0.717) is 0 Å². The number of carbonyl (C=O) groups excluding carboxylic acids is 2. The summed E-state index contributed by atoms with van der Waals surface area (Å²) in [7, 11) is 0. The van der Waals surface area contributed by atoms with Crippen molar-refractivity contribution in [1.82, 2.24) is 10.6 Å². The zero-order chi connectivity index (χ0) is 12.4. The van der Waals surface area contributed by atoms with Crippen LogP contribution in [0.15, 0.2) is 36.0 Å². The molecule has 1 atom stereocenters. The van der Waals surface area contributed by atoms with Crippen LogP contribution in [0.1, 0.15) is 10.4 Å². The van der Waals surface area contributed by atoms with Gasteiger partial charge in [0.1, 0.15) is 11.4 Å². The number of rotatable bonds is 2. The number of hydrogen-bond acceptors (Lipinski definition) is 5. The fourth-order valence-electron chi connectivity index (χ4n) is 1.49. The molecule has 1 saturated heterocycles. The standard InChI is InChI=1S/C11H11N3O3/c12-11-13-7(10(17)14-11)5-9(16)6-3-1-2-4-8(6)15/h1-5,11,13,15H,12H2,(H,14,17). The van der Waals surface area contributed by atoms with Gasteiger partial charge in [0.2, 0.25) is 0 Å². The van der Waals surface area contributed by atoms with E-state index in [2.05, 4.69) is 10.6 Å². The third-order valence-corrected chi connectivity index (χ3v) is 2.29. The first kappa shape index (κ1) is 11.2. The number of amides is 1. The van der Waals surface area contributed by atoms with E-state index in [-0.39, 0.29) is 17.0 Å². The number of nitrogens with one attached hydrogen (secondary N) is 2. The number of aromatic hydroxyl groups is 1. The Morgan fingerprint density at radius 1 is 1.35 bits per heavy atom. The van der Waals surface area contributed by atoms with E-state index in [4.69, 9.17) is 5.73 Å². The number of phenolic OH excluding ortho intramolecular Hbond substituents is 1. The van der Waals surface area contributed by atoms with Crippen molar-refractivity contribution in [1.29, 1.82) is 0 Å². The molecule has 0 aromatic heterocycles. The summed E-state index contributed by atoms with van der Waals surface area (Å²) in [6.07, 6.45) is 0.419. The van der Waals surface area contributed by atoms with E-state index in [1.165, 1.54) is 12.1 Å². The molecule has 6 nitrogen and oxygen atoms in total. The van der Waals surface area contributed by atoms with Crippen LogP contribution in [0.4, 0.5) is 0 Å². The number of allylic oxidation sites excluding steroid dienone is 1. The largest absolute Gasteiger partial charge is 0.507 e. The molecule has 0 spiro atoms. The maximum atomic E-state index is 11.8. The first-order chi connectivity index (χ1) is 8.08. The van der Waals surface area contributed by atoms with E-state index < -0.39 is 18.0 Å². The molecule has 1 fully saturated rings. The average Bonchev–Trinajstić information content (AvgIpc) is 2.58. The highest BCUT2D eigenvalue weighted by molar-refractivity contribution is 6.11. The molecule has 88 valence electrons. The summed E-state index contributed by atoms with van der Waals surface area (Å²) in [6.45, 7) is 0. The SMILES string of the molecule is NC1NC(=O)C(=CC(=O)c2ccccc2O)N1. The minimum absolute atomic E-state index is 0.0887. The topological polar surface area (TPSA) is 104 Å². The summed E-state index contributed by atoms with van der Waals surface area (Å²) >= 11 is 0. The summed E-state index contributed by atoms with van der Waals surface area (Å²) in [5.41, 5.74) is 5.64. The van der Waals surface area contributed by atoms with Crippen molar-refractivity contribution in [3.05, 3.63) is 41.6 Å². The number of nitrogens with two attached hydrogens (primary N) is 1. The molecule has 1 heterocycles. The van der Waals surface area contributed by atoms with Crippen molar-refractivity contribution in [2.24, 2.45) is 5.73 Å². The van der Waals surface area contributed by atoms with Crippen molar-refractivity contribution < 1.29 is 14.7 Å². The van der Waals surface area contributed by atoms with Crippen LogP contribution in [0.2, 0.25) is 0 Å². The number of para-hydroxylation sites is 1. The minimum Gasteiger partial charge on any atom is -0.507 e. The molecule has 2 rings (SSSR count). The first-order valence-corrected chi connectivity index (χ1v) is 4.95. The molecule has 1 aromatic rings. The number of hydrogen-bond donors (Lipinski definition) is 4. The van der Waals surface area contributed by atoms with Gasteiger partial charge >= 0.3 is 0 Å². The number of ketones is 1. The van der Waals surface area contributed by atoms with Crippen molar-refractivity contribution >= 4 is 11.7 Å². The zero-order valence-electron chi connectivity index (χ0n) is 8.81. The maximum Gasteiger partial charge on any atom is 0.270 e. The highest BCUT2D eigenvalue weighted by Crippen LogP contribution is 2.17. The van der Waals surface area contributed by atoms with E-state index in [1.807, 2.05) is 0 Å². The van der Waals surface area contributed by atoms with Gasteiger partial charge in [0.15, 0.2) is 12.1 Å². The second-order valence-corrected chi connectivity index (χ2v) is 3.53. The van der Waals surface area contributed by atoms with Crippen LogP contribution in [0.5, 0.6) is 5.75 Å². The Labute approximate surface area is 97.1 Å². The molecule has 0 bridgehead atoms. The second kappa shape index (κ2) is 4.26. The predicted molar refractivity (Wildman–Crippen MR) is 59.8 cm³/mol. The van der Waals surface area contributed by atoms with Gasteiger partial charge in [0.05, 0.1) is 5.56 Å². The Kier molecular flexibility index (Phi) is 2.80. The molecule has 0 radical (unpaired) electrons. The summed E-state index contributed by atoms with van der Waals surface area (Å²) in [5.74, 6) is -1.03. The van der Waals surface area contributed by atoms with Crippen LogP contribution in [0.3, 0.4) is 0 Å². The predicted octanol–water partition coefficient (Wildman–Crippen LogP) is -0.580. The third kappa shape index (κ3) is 2.26. The van der Waals surface area contributed by atoms with Crippen molar-refractivity contribution in [3.8, 4) is 5.75 Å². The lowest BCUT2D eigenvalue weighted by atomic mass is 10.1. The maximum absolute atomic E-state index is 11.8. The van der Waals surface area contributed by atoms with Gasteiger partial charge in [0.25, 0.3) is 5.91 Å². The average molecular weight is 233 g/mol. The lowest BCUT2D eigenvalue weighted by Crippen LogP contribution is -2.40. The van der Waals surface area contributed by atoms with E-state index in [0.717, 1.165) is 6.08 Å². The highest BCUT2D eigenvalue weighted by Gasteiger charge is 2.23. The van der Waals surface area contributed by atoms with E-state index in [1.54, 1.807) is 12.1 Å². The van der Waals surface area contributed by atoms with Gasteiger partial charge in [-0.1, -0.05) is 12.1 Å². The van der Waals surface area contributed by atoms with Gasteiger partial charge in [-0.25, -0.2) is 0 Å². The van der Waals surface area contributed by atoms with Gasteiger partial charge in [-0.2, -0.15) is 0 Å². The lowest BCUT2D eigenvalue weighted by Gasteiger charge is -2.01. The van der Waals surface area contributed by atoms with Crippen LogP contribution >= 0.6 is 0 Å². The van der Waals surface area contributed by atoms with Crippen molar-refractivity contribution in [2.75, 3.05) is 0 Å². The fourth-order valence-corrected chi connectivity index (χ4v) is 1.49. The molecule has 1 aliphatic heterocycles. The van der Waals surface area contributed by atoms with Gasteiger partial charge in [0, 0.05) is 6.08 Å². The monoisotopic (exact) mass is 233 g/mol. The molecule has 1 amide bonds. The molecule has 5 N–H and O–H groups in total. The van der Waals surface area contributed by atoms with Gasteiger partial charge < -0.3 is 15.7 Å². The summed E-state index contributed by atoms with van der Waals surface area (Å²) in [6, 6.07) is 6.11. The van der Waals surface area contributed by atoms with Crippen LogP contribution in [0.25, 0.3) is 0 Å². The second-order valence-electron chi connectivity index (χ2n) is 3.53. The Bertz CT molecular complexity index is 510. The van der Waals surface area contributed by atoms with Crippen LogP contribution in [-0.2, 0) is 4.79 Å². The molecule has 0 saturated carbocycles. The Hall–Kier alpha value is -2.34. The Morgan fingerprint density at radius 2 is 2.06 bits per heavy atom. The van der Waals surface area contributed by atoms with Crippen LogP contribution < -0.4 is 16.4 Å². The van der Waals surface area contributed by atoms with Crippen molar-refractivity contribution in [2.45, 2.75) is 6.29 Å². The molecular formula is C11H11N3O3. The quantitative estimate of drug-likeness (QED) is 0.404. The number of carbonyl (C=O) groups is 2. The zero-order valence-corrected chi connectivity index (χ0v) is 8.81. The Balaban J connectivity index is 2.26. The molecular weight excluding hydrogens is 222 g/mol. The molecule has 0 aliphatic carbocycles. The van der Waals surface area contributed by atoms with Crippen LogP contribution in [0, 0.1) is 0 Å². The molecule has 1 aliphatic rings. The van der Waals surface area contributed by atoms with Crippen LogP contribution in [-0.4, -0.2) is 23.1 Å². The number of phenols is 1. The summed E-state index contributed by atoms with van der Waals surface area (Å²) in [5, 5.41) is 14.5. The number of benzene rings is 1. The molecule has 1 unspecified atom stereocenters. The normalized spacial score (nSPS) is 21.1. The van der Waals surface area contributed by atoms with E-state index in [9.17, 15) is 14.7 Å². The molecule has 1 aromatic carbocycles. The summed E-state index contributed by atoms with van der Waals surface area (Å²) in [4.78, 5) is 23.1. The van der Waals surface area contributed by atoms with Crippen molar-refractivity contribution in [3.63, 3.8) is 0 Å². The van der Waals surface area contributed by atoms with E-state index >= 15 is 0 Å². The molecule has 17 heavy (non-hydrogen) atoms. The third-order valence-electron chi connectivity index (χ3n) is 2.29. The molecule has 6 heteroatoms. The van der Waals surface area contributed by atoms with Gasteiger partial charge in [-0.15, -0.1) is 0 Å². The minimum atomic E-state index is -0.689. The smallest absolute Gasteiger partial charge is 0.270 e. The Morgan fingerprint density at radius 3 is 2.65 bits per heavy atom. The highest BCUT2D eigenvalue weighted by atomic mass is 16.3. The van der Waals surface area contributed by atoms with Gasteiger partial charge in [-0.05, 0) is 12.1 Å². The lowest BCUT2D eigenvalue weighted by molar-refractivity contribution is -0.116. The van der Waals surface area contributed by atoms with Gasteiger partial charge in [-0.3, -0.25) is 15.3 Å². The summed E-state index contributed by atoms with van der Waals surface area (Å²) < 4.78 is 0.